The van der Waals surface area contributed by atoms with Gasteiger partial charge in [0, 0.05) is 5.56 Å². The molecule has 1 N–H and O–H groups in total. The van der Waals surface area contributed by atoms with E-state index in [0.717, 1.165) is 22.9 Å². The fraction of sp³-hybridized carbons (Fsp3) is 0.143. The first-order valence-electron chi connectivity index (χ1n) is 5.59. The molecule has 2 rings (SSSR count). The molecule has 4 heteroatoms. The van der Waals surface area contributed by atoms with E-state index in [0.29, 0.717) is 5.69 Å². The SMILES string of the molecule is Cc1cccc(-c2ccccc2NS(C)(=O)=O)c1. The summed E-state index contributed by atoms with van der Waals surface area (Å²) in [5.74, 6) is 0. The molecule has 0 radical (unpaired) electrons. The molecule has 0 atom stereocenters. The van der Waals surface area contributed by atoms with Crippen molar-refractivity contribution >= 4 is 15.7 Å². The van der Waals surface area contributed by atoms with Gasteiger partial charge in [0.15, 0.2) is 0 Å². The molecule has 0 saturated heterocycles. The van der Waals surface area contributed by atoms with E-state index >= 15 is 0 Å². The molecular weight excluding hydrogens is 246 g/mol. The van der Waals surface area contributed by atoms with E-state index in [9.17, 15) is 8.42 Å². The van der Waals surface area contributed by atoms with Gasteiger partial charge >= 0.3 is 0 Å². The first-order valence-corrected chi connectivity index (χ1v) is 7.49. The van der Waals surface area contributed by atoms with E-state index < -0.39 is 10.0 Å². The van der Waals surface area contributed by atoms with Gasteiger partial charge in [-0.05, 0) is 18.6 Å². The lowest BCUT2D eigenvalue weighted by Gasteiger charge is -2.11. The second kappa shape index (κ2) is 4.82. The zero-order valence-corrected chi connectivity index (χ0v) is 11.2. The summed E-state index contributed by atoms with van der Waals surface area (Å²) in [7, 11) is -3.27. The number of para-hydroxylation sites is 1. The van der Waals surface area contributed by atoms with Crippen molar-refractivity contribution in [2.24, 2.45) is 0 Å². The average Bonchev–Trinajstić information content (AvgIpc) is 2.27. The van der Waals surface area contributed by atoms with Crippen LogP contribution in [-0.4, -0.2) is 14.7 Å². The number of aryl methyl sites for hydroxylation is 1. The van der Waals surface area contributed by atoms with E-state index in [1.54, 1.807) is 6.07 Å². The van der Waals surface area contributed by atoms with Crippen molar-refractivity contribution in [3.8, 4) is 11.1 Å². The smallest absolute Gasteiger partial charge is 0.229 e. The third kappa shape index (κ3) is 3.11. The average molecular weight is 261 g/mol. The summed E-state index contributed by atoms with van der Waals surface area (Å²) in [5, 5.41) is 0. The van der Waals surface area contributed by atoms with E-state index in [-0.39, 0.29) is 0 Å². The van der Waals surface area contributed by atoms with Crippen molar-refractivity contribution in [3.05, 3.63) is 54.1 Å². The number of rotatable bonds is 3. The molecule has 94 valence electrons. The Labute approximate surface area is 108 Å². The molecule has 0 spiro atoms. The molecule has 0 unspecified atom stereocenters. The van der Waals surface area contributed by atoms with Crippen molar-refractivity contribution in [1.82, 2.24) is 0 Å². The second-order valence-electron chi connectivity index (χ2n) is 4.29. The van der Waals surface area contributed by atoms with Crippen molar-refractivity contribution in [2.75, 3.05) is 11.0 Å². The molecule has 0 bridgehead atoms. The Hall–Kier alpha value is -1.81. The lowest BCUT2D eigenvalue weighted by atomic mass is 10.0. The van der Waals surface area contributed by atoms with Gasteiger partial charge in [0.1, 0.15) is 0 Å². The molecule has 0 saturated carbocycles. The number of nitrogens with one attached hydrogen (secondary N) is 1. The third-order valence-electron chi connectivity index (χ3n) is 2.55. The van der Waals surface area contributed by atoms with Gasteiger partial charge in [-0.1, -0.05) is 48.0 Å². The molecule has 0 aromatic heterocycles. The largest absolute Gasteiger partial charge is 0.283 e. The highest BCUT2D eigenvalue weighted by atomic mass is 32.2. The molecule has 2 aromatic carbocycles. The van der Waals surface area contributed by atoms with E-state index in [4.69, 9.17) is 0 Å². The lowest BCUT2D eigenvalue weighted by Crippen LogP contribution is -2.10. The predicted molar refractivity (Wildman–Crippen MR) is 75.1 cm³/mol. The van der Waals surface area contributed by atoms with Crippen LogP contribution in [0.4, 0.5) is 5.69 Å². The number of hydrogen-bond acceptors (Lipinski definition) is 2. The van der Waals surface area contributed by atoms with E-state index in [1.807, 2.05) is 49.4 Å². The van der Waals surface area contributed by atoms with Gasteiger partial charge in [0.25, 0.3) is 0 Å². The standard InChI is InChI=1S/C14H15NO2S/c1-11-6-5-7-12(10-11)13-8-3-4-9-14(13)15-18(2,16)17/h3-10,15H,1-2H3. The summed E-state index contributed by atoms with van der Waals surface area (Å²) >= 11 is 0. The topological polar surface area (TPSA) is 46.2 Å². The van der Waals surface area contributed by atoms with Crippen molar-refractivity contribution < 1.29 is 8.42 Å². The summed E-state index contributed by atoms with van der Waals surface area (Å²) in [6.07, 6.45) is 1.15. The van der Waals surface area contributed by atoms with Crippen LogP contribution in [-0.2, 0) is 10.0 Å². The molecular formula is C14H15NO2S. The van der Waals surface area contributed by atoms with Gasteiger partial charge in [-0.25, -0.2) is 8.42 Å². The van der Waals surface area contributed by atoms with Gasteiger partial charge in [0.2, 0.25) is 10.0 Å². The van der Waals surface area contributed by atoms with Gasteiger partial charge in [-0.15, -0.1) is 0 Å². The van der Waals surface area contributed by atoms with Crippen LogP contribution in [0.3, 0.4) is 0 Å². The highest BCUT2D eigenvalue weighted by Crippen LogP contribution is 2.28. The maximum atomic E-state index is 11.3. The van der Waals surface area contributed by atoms with Crippen LogP contribution in [0.15, 0.2) is 48.5 Å². The zero-order valence-electron chi connectivity index (χ0n) is 10.3. The Morgan fingerprint density at radius 1 is 1.00 bits per heavy atom. The first kappa shape index (κ1) is 12.6. The van der Waals surface area contributed by atoms with Crippen LogP contribution in [0.2, 0.25) is 0 Å². The van der Waals surface area contributed by atoms with Gasteiger partial charge < -0.3 is 0 Å². The quantitative estimate of drug-likeness (QED) is 0.923. The van der Waals surface area contributed by atoms with Crippen LogP contribution in [0.5, 0.6) is 0 Å². The molecule has 0 amide bonds. The summed E-state index contributed by atoms with van der Waals surface area (Å²) in [6, 6.07) is 15.3. The molecule has 0 fully saturated rings. The second-order valence-corrected chi connectivity index (χ2v) is 6.04. The van der Waals surface area contributed by atoms with Gasteiger partial charge in [-0.2, -0.15) is 0 Å². The number of hydrogen-bond donors (Lipinski definition) is 1. The predicted octanol–water partition coefficient (Wildman–Crippen LogP) is 3.03. The fourth-order valence-corrected chi connectivity index (χ4v) is 2.41. The van der Waals surface area contributed by atoms with Crippen LogP contribution in [0.25, 0.3) is 11.1 Å². The zero-order chi connectivity index (χ0) is 13.2. The maximum Gasteiger partial charge on any atom is 0.229 e. The fourth-order valence-electron chi connectivity index (χ4n) is 1.84. The normalized spacial score (nSPS) is 11.2. The Balaban J connectivity index is 2.51. The van der Waals surface area contributed by atoms with Crippen molar-refractivity contribution in [2.45, 2.75) is 6.92 Å². The molecule has 2 aromatic rings. The summed E-state index contributed by atoms with van der Waals surface area (Å²) in [5.41, 5.74) is 3.63. The minimum Gasteiger partial charge on any atom is -0.283 e. The van der Waals surface area contributed by atoms with Crippen LogP contribution < -0.4 is 4.72 Å². The monoisotopic (exact) mass is 261 g/mol. The lowest BCUT2D eigenvalue weighted by molar-refractivity contribution is 0.607. The molecule has 0 aliphatic heterocycles. The highest BCUT2D eigenvalue weighted by Gasteiger charge is 2.08. The van der Waals surface area contributed by atoms with Gasteiger partial charge in [0.05, 0.1) is 11.9 Å². The van der Waals surface area contributed by atoms with Crippen molar-refractivity contribution in [1.29, 1.82) is 0 Å². The van der Waals surface area contributed by atoms with Crippen molar-refractivity contribution in [3.63, 3.8) is 0 Å². The minimum absolute atomic E-state index is 0.602. The Bertz CT molecular complexity index is 663. The minimum atomic E-state index is -3.27. The van der Waals surface area contributed by atoms with Gasteiger partial charge in [-0.3, -0.25) is 4.72 Å². The number of sulfonamides is 1. The molecule has 0 heterocycles. The molecule has 18 heavy (non-hydrogen) atoms. The summed E-state index contributed by atoms with van der Waals surface area (Å²) in [6.45, 7) is 2.01. The Morgan fingerprint density at radius 3 is 2.39 bits per heavy atom. The Morgan fingerprint density at radius 2 is 1.72 bits per heavy atom. The number of anilines is 1. The van der Waals surface area contributed by atoms with Crippen LogP contribution in [0.1, 0.15) is 5.56 Å². The highest BCUT2D eigenvalue weighted by molar-refractivity contribution is 7.92. The molecule has 3 nitrogen and oxygen atoms in total. The maximum absolute atomic E-state index is 11.3. The summed E-state index contributed by atoms with van der Waals surface area (Å²) < 4.78 is 25.2. The van der Waals surface area contributed by atoms with Crippen LogP contribution >= 0.6 is 0 Å². The van der Waals surface area contributed by atoms with E-state index in [1.165, 1.54) is 0 Å². The third-order valence-corrected chi connectivity index (χ3v) is 3.14. The van der Waals surface area contributed by atoms with E-state index in [2.05, 4.69) is 4.72 Å². The Kier molecular flexibility index (Phi) is 3.39. The molecule has 0 aliphatic rings. The first-order chi connectivity index (χ1) is 8.46. The molecule has 0 aliphatic carbocycles. The number of benzene rings is 2. The van der Waals surface area contributed by atoms with Crippen LogP contribution in [0, 0.1) is 6.92 Å². The summed E-state index contributed by atoms with van der Waals surface area (Å²) in [4.78, 5) is 0.